The van der Waals surface area contributed by atoms with Crippen molar-refractivity contribution in [3.05, 3.63) is 16.1 Å². The maximum Gasteiger partial charge on any atom is 0.329 e. The molecule has 0 saturated carbocycles. The van der Waals surface area contributed by atoms with E-state index >= 15 is 0 Å². The highest BCUT2D eigenvalue weighted by atomic mass is 32.1. The first-order chi connectivity index (χ1) is 16.9. The Labute approximate surface area is 210 Å². The summed E-state index contributed by atoms with van der Waals surface area (Å²) in [4.78, 5) is 45.9. The first kappa shape index (κ1) is 27.5. The summed E-state index contributed by atoms with van der Waals surface area (Å²) in [5, 5.41) is 2.69. The zero-order valence-electron chi connectivity index (χ0n) is 20.9. The second-order valence-corrected chi connectivity index (χ2v) is 9.92. The molecule has 0 N–H and O–H groups in total. The Morgan fingerprint density at radius 1 is 1.06 bits per heavy atom. The van der Waals surface area contributed by atoms with Gasteiger partial charge in [-0.15, -0.1) is 11.3 Å². The molecule has 1 aromatic heterocycles. The normalized spacial score (nSPS) is 18.9. The molecule has 0 aromatic carbocycles. The quantitative estimate of drug-likeness (QED) is 0.310. The van der Waals surface area contributed by atoms with Gasteiger partial charge < -0.3 is 28.7 Å². The van der Waals surface area contributed by atoms with Crippen molar-refractivity contribution in [1.82, 2.24) is 14.8 Å². The van der Waals surface area contributed by atoms with Gasteiger partial charge in [0.2, 0.25) is 5.91 Å². The number of aromatic nitrogens is 1. The van der Waals surface area contributed by atoms with Gasteiger partial charge >= 0.3 is 5.97 Å². The highest BCUT2D eigenvalue weighted by Crippen LogP contribution is 2.31. The van der Waals surface area contributed by atoms with Gasteiger partial charge in [-0.05, 0) is 39.5 Å². The van der Waals surface area contributed by atoms with E-state index in [0.29, 0.717) is 58.2 Å². The molecule has 11 heteroatoms. The molecule has 2 saturated heterocycles. The van der Waals surface area contributed by atoms with Crippen molar-refractivity contribution in [2.24, 2.45) is 0 Å². The van der Waals surface area contributed by atoms with Crippen molar-refractivity contribution in [2.75, 3.05) is 59.8 Å². The smallest absolute Gasteiger partial charge is 0.329 e. The highest BCUT2D eigenvalue weighted by Gasteiger charge is 2.37. The summed E-state index contributed by atoms with van der Waals surface area (Å²) >= 11 is 1.47. The number of ether oxygens (including phenoxy) is 4. The van der Waals surface area contributed by atoms with Crippen LogP contribution in [0.1, 0.15) is 60.9 Å². The van der Waals surface area contributed by atoms with E-state index in [1.165, 1.54) is 11.3 Å². The summed E-state index contributed by atoms with van der Waals surface area (Å²) < 4.78 is 21.0. The second-order valence-electron chi connectivity index (χ2n) is 9.03. The first-order valence-corrected chi connectivity index (χ1v) is 13.2. The van der Waals surface area contributed by atoms with E-state index in [0.717, 1.165) is 24.3 Å². The van der Waals surface area contributed by atoms with Crippen LogP contribution in [-0.2, 0) is 28.5 Å². The predicted octanol–water partition coefficient (Wildman–Crippen LogP) is 2.08. The van der Waals surface area contributed by atoms with E-state index in [1.807, 2.05) is 4.90 Å². The summed E-state index contributed by atoms with van der Waals surface area (Å²) in [6, 6.07) is -0.538. The second kappa shape index (κ2) is 13.9. The fourth-order valence-corrected chi connectivity index (χ4v) is 5.24. The van der Waals surface area contributed by atoms with Crippen LogP contribution in [0.5, 0.6) is 0 Å². The van der Waals surface area contributed by atoms with Crippen LogP contribution in [0, 0.1) is 0 Å². The summed E-state index contributed by atoms with van der Waals surface area (Å²) in [6.07, 6.45) is 2.76. The predicted molar refractivity (Wildman–Crippen MR) is 129 cm³/mol. The number of rotatable bonds is 12. The van der Waals surface area contributed by atoms with Crippen LogP contribution in [-0.4, -0.2) is 104 Å². The van der Waals surface area contributed by atoms with Gasteiger partial charge in [-0.25, -0.2) is 9.78 Å². The monoisotopic (exact) mass is 511 g/mol. The minimum atomic E-state index is -0.538. The number of hydrogen-bond acceptors (Lipinski definition) is 9. The minimum absolute atomic E-state index is 0.0243. The largest absolute Gasteiger partial charge is 0.461 e. The molecular formula is C24H37N3O7S. The Morgan fingerprint density at radius 3 is 2.49 bits per heavy atom. The van der Waals surface area contributed by atoms with Gasteiger partial charge in [-0.3, -0.25) is 9.59 Å². The lowest BCUT2D eigenvalue weighted by molar-refractivity contribution is -0.152. The molecule has 10 nitrogen and oxygen atoms in total. The van der Waals surface area contributed by atoms with Crippen LogP contribution in [0.3, 0.4) is 0 Å². The molecule has 3 rings (SSSR count). The van der Waals surface area contributed by atoms with Crippen molar-refractivity contribution in [3.8, 4) is 0 Å². The van der Waals surface area contributed by atoms with Gasteiger partial charge in [0.05, 0.1) is 37.5 Å². The average Bonchev–Trinajstić information content (AvgIpc) is 3.53. The molecular weight excluding hydrogens is 474 g/mol. The SMILES string of the molecule is COCCOCCOCC(=O)N1CCC(c2nc(C(=O)N3CCCC3C(=O)OC(C)C)cs2)CC1. The number of nitrogens with zero attached hydrogens (tertiary/aromatic N) is 3. The van der Waals surface area contributed by atoms with Crippen molar-refractivity contribution < 1.29 is 33.3 Å². The van der Waals surface area contributed by atoms with Gasteiger partial charge in [0.1, 0.15) is 18.3 Å². The number of piperidine rings is 1. The highest BCUT2D eigenvalue weighted by molar-refractivity contribution is 7.09. The van der Waals surface area contributed by atoms with Crippen LogP contribution in [0.4, 0.5) is 0 Å². The minimum Gasteiger partial charge on any atom is -0.461 e. The van der Waals surface area contributed by atoms with Gasteiger partial charge in [0.15, 0.2) is 0 Å². The number of carbonyl (C=O) groups is 3. The Bertz CT molecular complexity index is 839. The summed E-state index contributed by atoms with van der Waals surface area (Å²) in [6.45, 7) is 7.30. The fraction of sp³-hybridized carbons (Fsp3) is 0.750. The zero-order valence-corrected chi connectivity index (χ0v) is 21.7. The molecule has 2 aliphatic heterocycles. The molecule has 196 valence electrons. The Kier molecular flexibility index (Phi) is 10.9. The van der Waals surface area contributed by atoms with Crippen LogP contribution >= 0.6 is 11.3 Å². The molecule has 0 aliphatic carbocycles. The molecule has 1 unspecified atom stereocenters. The lowest BCUT2D eigenvalue weighted by Crippen LogP contribution is -2.42. The van der Waals surface area contributed by atoms with Crippen molar-refractivity contribution in [3.63, 3.8) is 0 Å². The lowest BCUT2D eigenvalue weighted by atomic mass is 9.97. The fourth-order valence-electron chi connectivity index (χ4n) is 4.27. The number of thiazole rings is 1. The van der Waals surface area contributed by atoms with E-state index in [9.17, 15) is 14.4 Å². The number of methoxy groups -OCH3 is 1. The van der Waals surface area contributed by atoms with Crippen LogP contribution in [0.15, 0.2) is 5.38 Å². The van der Waals surface area contributed by atoms with Crippen molar-refractivity contribution in [1.29, 1.82) is 0 Å². The van der Waals surface area contributed by atoms with E-state index in [1.54, 1.807) is 31.2 Å². The number of esters is 1. The topological polar surface area (TPSA) is 108 Å². The molecule has 3 heterocycles. The van der Waals surface area contributed by atoms with E-state index < -0.39 is 6.04 Å². The molecule has 35 heavy (non-hydrogen) atoms. The van der Waals surface area contributed by atoms with Gasteiger partial charge in [0, 0.05) is 38.0 Å². The van der Waals surface area contributed by atoms with E-state index in [4.69, 9.17) is 18.9 Å². The molecule has 1 aromatic rings. The number of likely N-dealkylation sites (tertiary alicyclic amines) is 2. The van der Waals surface area contributed by atoms with Gasteiger partial charge in [0.25, 0.3) is 5.91 Å². The van der Waals surface area contributed by atoms with Gasteiger partial charge in [-0.1, -0.05) is 0 Å². The molecule has 1 atom stereocenters. The maximum atomic E-state index is 13.1. The zero-order chi connectivity index (χ0) is 25.2. The summed E-state index contributed by atoms with van der Waals surface area (Å²) in [5.74, 6) is -0.378. The summed E-state index contributed by atoms with van der Waals surface area (Å²) in [7, 11) is 1.62. The van der Waals surface area contributed by atoms with Crippen molar-refractivity contribution >= 4 is 29.1 Å². The molecule has 0 bridgehead atoms. The van der Waals surface area contributed by atoms with Crippen LogP contribution < -0.4 is 0 Å². The lowest BCUT2D eigenvalue weighted by Gasteiger charge is -2.31. The van der Waals surface area contributed by atoms with E-state index in [-0.39, 0.29) is 36.4 Å². The number of carbonyl (C=O) groups excluding carboxylic acids is 3. The summed E-state index contributed by atoms with van der Waals surface area (Å²) in [5.41, 5.74) is 0.383. The number of amides is 2. The standard InChI is InChI=1S/C24H37N3O7S/c1-17(2)34-24(30)20-5-4-8-27(20)23(29)19-16-35-22(25-19)18-6-9-26(10-7-18)21(28)15-33-14-13-32-12-11-31-3/h16-18,20H,4-15H2,1-3H3. The Hall–Kier alpha value is -2.08. The molecule has 0 radical (unpaired) electrons. The molecule has 0 spiro atoms. The van der Waals surface area contributed by atoms with E-state index in [2.05, 4.69) is 4.98 Å². The molecule has 2 fully saturated rings. The van der Waals surface area contributed by atoms with Crippen LogP contribution in [0.25, 0.3) is 0 Å². The third-order valence-corrected chi connectivity index (χ3v) is 7.11. The maximum absolute atomic E-state index is 13.1. The molecule has 2 aliphatic rings. The third-order valence-electron chi connectivity index (χ3n) is 6.10. The molecule has 2 amide bonds. The van der Waals surface area contributed by atoms with Crippen molar-refractivity contribution in [2.45, 2.75) is 57.6 Å². The Balaban J connectivity index is 1.43. The first-order valence-electron chi connectivity index (χ1n) is 12.3. The third kappa shape index (κ3) is 7.96. The van der Waals surface area contributed by atoms with Gasteiger partial charge in [-0.2, -0.15) is 0 Å². The average molecular weight is 512 g/mol. The van der Waals surface area contributed by atoms with Crippen LogP contribution in [0.2, 0.25) is 0 Å². The Morgan fingerprint density at radius 2 is 1.77 bits per heavy atom. The number of hydrogen-bond donors (Lipinski definition) is 0.